The summed E-state index contributed by atoms with van der Waals surface area (Å²) in [6.45, 7) is 2.88. The number of fused-ring (bicyclic) bond motifs is 1. The molecule has 1 heterocycles. The quantitative estimate of drug-likeness (QED) is 0.558. The SMILES string of the molecule is CC(=O)c1cccc(NC(=O)[C@@H](C)OC(=O)C[C@@H]2Sc3ccccc3NC2=O)c1. The molecule has 8 heteroatoms. The molecule has 0 saturated heterocycles. The van der Waals surface area contributed by atoms with E-state index in [0.29, 0.717) is 16.9 Å². The molecular weight excluding hydrogens is 392 g/mol. The summed E-state index contributed by atoms with van der Waals surface area (Å²) in [5.74, 6) is -1.56. The number of nitrogens with one attached hydrogen (secondary N) is 2. The number of hydrogen-bond donors (Lipinski definition) is 2. The number of carbonyl (C=O) groups is 4. The largest absolute Gasteiger partial charge is 0.452 e. The number of ketones is 1. The topological polar surface area (TPSA) is 102 Å². The number of amides is 2. The summed E-state index contributed by atoms with van der Waals surface area (Å²) in [5, 5.41) is 4.75. The van der Waals surface area contributed by atoms with E-state index in [1.54, 1.807) is 30.3 Å². The van der Waals surface area contributed by atoms with Crippen molar-refractivity contribution < 1.29 is 23.9 Å². The van der Waals surface area contributed by atoms with Gasteiger partial charge in [-0.3, -0.25) is 19.2 Å². The molecule has 0 unspecified atom stereocenters. The first kappa shape index (κ1) is 20.6. The lowest BCUT2D eigenvalue weighted by molar-refractivity contribution is -0.153. The van der Waals surface area contributed by atoms with Gasteiger partial charge >= 0.3 is 5.97 Å². The Bertz CT molecular complexity index is 975. The molecular formula is C21H20N2O5S. The van der Waals surface area contributed by atoms with E-state index in [2.05, 4.69) is 10.6 Å². The molecule has 1 aliphatic heterocycles. The highest BCUT2D eigenvalue weighted by atomic mass is 32.2. The maximum atomic E-state index is 12.3. The molecule has 0 saturated carbocycles. The van der Waals surface area contributed by atoms with E-state index in [1.807, 2.05) is 18.2 Å². The fraction of sp³-hybridized carbons (Fsp3) is 0.238. The molecule has 2 amide bonds. The van der Waals surface area contributed by atoms with Crippen LogP contribution in [0.1, 0.15) is 30.6 Å². The Morgan fingerprint density at radius 3 is 2.69 bits per heavy atom. The first-order valence-corrected chi connectivity index (χ1v) is 9.89. The third-order valence-corrected chi connectivity index (χ3v) is 5.55. The van der Waals surface area contributed by atoms with Gasteiger partial charge in [-0.25, -0.2) is 0 Å². The average molecular weight is 412 g/mol. The highest BCUT2D eigenvalue weighted by Gasteiger charge is 2.30. The minimum absolute atomic E-state index is 0.120. The van der Waals surface area contributed by atoms with Crippen molar-refractivity contribution in [1.82, 2.24) is 0 Å². The average Bonchev–Trinajstić information content (AvgIpc) is 2.68. The third-order valence-electron chi connectivity index (χ3n) is 4.27. The van der Waals surface area contributed by atoms with Crippen LogP contribution in [0, 0.1) is 0 Å². The van der Waals surface area contributed by atoms with Crippen LogP contribution in [0.5, 0.6) is 0 Å². The van der Waals surface area contributed by atoms with Gasteiger partial charge in [0.15, 0.2) is 11.9 Å². The number of rotatable bonds is 6. The van der Waals surface area contributed by atoms with Crippen LogP contribution in [0.15, 0.2) is 53.4 Å². The zero-order valence-corrected chi connectivity index (χ0v) is 16.7. The van der Waals surface area contributed by atoms with Crippen LogP contribution < -0.4 is 10.6 Å². The van der Waals surface area contributed by atoms with Crippen LogP contribution in [-0.2, 0) is 19.1 Å². The van der Waals surface area contributed by atoms with Crippen molar-refractivity contribution in [3.8, 4) is 0 Å². The van der Waals surface area contributed by atoms with E-state index >= 15 is 0 Å². The smallest absolute Gasteiger partial charge is 0.308 e. The van der Waals surface area contributed by atoms with Crippen LogP contribution in [-0.4, -0.2) is 34.9 Å². The molecule has 2 N–H and O–H groups in total. The van der Waals surface area contributed by atoms with Gasteiger partial charge in [-0.2, -0.15) is 0 Å². The van der Waals surface area contributed by atoms with E-state index in [0.717, 1.165) is 4.90 Å². The Morgan fingerprint density at radius 2 is 1.93 bits per heavy atom. The number of esters is 1. The summed E-state index contributed by atoms with van der Waals surface area (Å²) < 4.78 is 5.19. The molecule has 1 aliphatic rings. The standard InChI is InChI=1S/C21H20N2O5S/c1-12(24)14-6-5-7-15(10-14)22-20(26)13(2)28-19(25)11-18-21(27)23-16-8-3-4-9-17(16)29-18/h3-10,13,18H,11H2,1-2H3,(H,22,26)(H,23,27)/t13-,18+/m1/s1. The fourth-order valence-corrected chi connectivity index (χ4v) is 3.83. The van der Waals surface area contributed by atoms with Gasteiger partial charge in [-0.1, -0.05) is 24.3 Å². The van der Waals surface area contributed by atoms with Crippen LogP contribution in [0.3, 0.4) is 0 Å². The number of Topliss-reactive ketones (excluding diaryl/α,β-unsaturated/α-hetero) is 1. The van der Waals surface area contributed by atoms with Gasteiger partial charge in [-0.05, 0) is 38.1 Å². The van der Waals surface area contributed by atoms with Gasteiger partial charge in [0.2, 0.25) is 5.91 Å². The summed E-state index contributed by atoms with van der Waals surface area (Å²) in [5.41, 5.74) is 1.62. The van der Waals surface area contributed by atoms with Gasteiger partial charge in [-0.15, -0.1) is 11.8 Å². The number of anilines is 2. The Hall–Kier alpha value is -3.13. The van der Waals surface area contributed by atoms with Crippen LogP contribution in [0.25, 0.3) is 0 Å². The molecule has 0 fully saturated rings. The molecule has 3 rings (SSSR count). The van der Waals surface area contributed by atoms with Crippen LogP contribution in [0.2, 0.25) is 0 Å². The van der Waals surface area contributed by atoms with Gasteiger partial charge < -0.3 is 15.4 Å². The second-order valence-corrected chi connectivity index (χ2v) is 7.80. The first-order chi connectivity index (χ1) is 13.8. The molecule has 7 nitrogen and oxygen atoms in total. The molecule has 0 radical (unpaired) electrons. The molecule has 2 aromatic carbocycles. The summed E-state index contributed by atoms with van der Waals surface area (Å²) in [4.78, 5) is 49.0. The maximum Gasteiger partial charge on any atom is 0.308 e. The van der Waals surface area contributed by atoms with Gasteiger partial charge in [0, 0.05) is 16.1 Å². The highest BCUT2D eigenvalue weighted by Crippen LogP contribution is 2.36. The summed E-state index contributed by atoms with van der Waals surface area (Å²) >= 11 is 1.29. The number of benzene rings is 2. The van der Waals surface area contributed by atoms with E-state index in [1.165, 1.54) is 25.6 Å². The lowest BCUT2D eigenvalue weighted by Gasteiger charge is -2.23. The van der Waals surface area contributed by atoms with Crippen molar-refractivity contribution >= 4 is 46.7 Å². The van der Waals surface area contributed by atoms with Crippen molar-refractivity contribution in [3.63, 3.8) is 0 Å². The Balaban J connectivity index is 1.55. The number of hydrogen-bond acceptors (Lipinski definition) is 6. The molecule has 0 spiro atoms. The zero-order valence-electron chi connectivity index (χ0n) is 15.9. The summed E-state index contributed by atoms with van der Waals surface area (Å²) in [6.07, 6.45) is -1.20. The summed E-state index contributed by atoms with van der Waals surface area (Å²) in [7, 11) is 0. The van der Waals surface area contributed by atoms with Crippen molar-refractivity contribution in [2.45, 2.75) is 36.5 Å². The number of ether oxygens (including phenoxy) is 1. The van der Waals surface area contributed by atoms with Gasteiger partial charge in [0.1, 0.15) is 0 Å². The predicted octanol–water partition coefficient (Wildman–Crippen LogP) is 3.26. The van der Waals surface area contributed by atoms with Crippen LogP contribution >= 0.6 is 11.8 Å². The van der Waals surface area contributed by atoms with Crippen molar-refractivity contribution in [1.29, 1.82) is 0 Å². The Kier molecular flexibility index (Phi) is 6.33. The lowest BCUT2D eigenvalue weighted by Crippen LogP contribution is -2.34. The normalized spacial score (nSPS) is 16.2. The Labute approximate surface area is 172 Å². The molecule has 29 heavy (non-hydrogen) atoms. The predicted molar refractivity (Wildman–Crippen MR) is 110 cm³/mol. The number of carbonyl (C=O) groups excluding carboxylic acids is 4. The zero-order chi connectivity index (χ0) is 21.0. The van der Waals surface area contributed by atoms with E-state index in [4.69, 9.17) is 4.74 Å². The van der Waals surface area contributed by atoms with Gasteiger partial charge in [0.05, 0.1) is 17.4 Å². The van der Waals surface area contributed by atoms with E-state index in [-0.39, 0.29) is 18.1 Å². The first-order valence-electron chi connectivity index (χ1n) is 9.01. The molecule has 150 valence electrons. The van der Waals surface area contributed by atoms with Gasteiger partial charge in [0.25, 0.3) is 5.91 Å². The highest BCUT2D eigenvalue weighted by molar-refractivity contribution is 8.01. The molecule has 2 aromatic rings. The maximum absolute atomic E-state index is 12.3. The lowest BCUT2D eigenvalue weighted by atomic mass is 10.1. The Morgan fingerprint density at radius 1 is 1.17 bits per heavy atom. The van der Waals surface area contributed by atoms with Crippen LogP contribution in [0.4, 0.5) is 11.4 Å². The molecule has 0 aliphatic carbocycles. The second kappa shape index (κ2) is 8.91. The van der Waals surface area contributed by atoms with E-state index < -0.39 is 23.2 Å². The number of para-hydroxylation sites is 1. The van der Waals surface area contributed by atoms with E-state index in [9.17, 15) is 19.2 Å². The molecule has 2 atom stereocenters. The fourth-order valence-electron chi connectivity index (χ4n) is 2.74. The second-order valence-electron chi connectivity index (χ2n) is 6.55. The molecule has 0 bridgehead atoms. The van der Waals surface area contributed by atoms with Crippen molar-refractivity contribution in [3.05, 3.63) is 54.1 Å². The minimum atomic E-state index is -1.05. The number of thioether (sulfide) groups is 1. The van der Waals surface area contributed by atoms with Crippen molar-refractivity contribution in [2.24, 2.45) is 0 Å². The third kappa shape index (κ3) is 5.23. The minimum Gasteiger partial charge on any atom is -0.452 e. The molecule has 0 aromatic heterocycles. The summed E-state index contributed by atoms with van der Waals surface area (Å²) in [6, 6.07) is 13.8. The van der Waals surface area contributed by atoms with Crippen molar-refractivity contribution in [2.75, 3.05) is 10.6 Å². The monoisotopic (exact) mass is 412 g/mol.